The number of nitrogens with zero attached hydrogens (tertiary/aromatic N) is 1. The average molecular weight is 301 g/mol. The Morgan fingerprint density at radius 1 is 1.18 bits per heavy atom. The van der Waals surface area contributed by atoms with Crippen molar-refractivity contribution < 1.29 is 18.7 Å². The topological polar surface area (TPSA) is 59.8 Å². The van der Waals surface area contributed by atoms with Gasteiger partial charge in [0.2, 0.25) is 0 Å². The molecule has 1 aromatic carbocycles. The molecule has 0 aliphatic carbocycles. The van der Waals surface area contributed by atoms with Gasteiger partial charge in [-0.25, -0.2) is 0 Å². The van der Waals surface area contributed by atoms with Crippen LogP contribution in [0.2, 0.25) is 0 Å². The molecule has 0 radical (unpaired) electrons. The predicted octanol–water partition coefficient (Wildman–Crippen LogP) is 2.79. The molecule has 0 atom stereocenters. The fourth-order valence-electron chi connectivity index (χ4n) is 2.05. The number of methoxy groups -OCH3 is 1. The molecule has 0 saturated carbocycles. The maximum Gasteiger partial charge on any atom is 0.307 e. The molecule has 116 valence electrons. The highest BCUT2D eigenvalue weighted by molar-refractivity contribution is 5.91. The van der Waals surface area contributed by atoms with Crippen molar-refractivity contribution in [2.24, 2.45) is 0 Å². The van der Waals surface area contributed by atoms with Crippen LogP contribution in [-0.4, -0.2) is 30.4 Å². The lowest BCUT2D eigenvalue weighted by Gasteiger charge is -2.21. The lowest BCUT2D eigenvalue weighted by Crippen LogP contribution is -2.32. The number of furan rings is 1. The molecular formula is C17H19NO4. The number of ether oxygens (including phenoxy) is 1. The van der Waals surface area contributed by atoms with E-state index in [-0.39, 0.29) is 30.6 Å². The van der Waals surface area contributed by atoms with E-state index in [2.05, 4.69) is 4.74 Å². The summed E-state index contributed by atoms with van der Waals surface area (Å²) in [6, 6.07) is 11.2. The number of benzene rings is 1. The summed E-state index contributed by atoms with van der Waals surface area (Å²) in [5.74, 6) is -0.326. The quantitative estimate of drug-likeness (QED) is 0.770. The highest BCUT2D eigenvalue weighted by Gasteiger charge is 2.19. The van der Waals surface area contributed by atoms with Crippen molar-refractivity contribution in [2.45, 2.75) is 19.9 Å². The van der Waals surface area contributed by atoms with Gasteiger partial charge in [-0.1, -0.05) is 29.8 Å². The van der Waals surface area contributed by atoms with Gasteiger partial charge in [0.15, 0.2) is 5.76 Å². The number of carbonyl (C=O) groups excluding carboxylic acids is 2. The number of hydrogen-bond donors (Lipinski definition) is 0. The highest BCUT2D eigenvalue weighted by atomic mass is 16.5. The third-order valence-corrected chi connectivity index (χ3v) is 3.33. The summed E-state index contributed by atoms with van der Waals surface area (Å²) in [4.78, 5) is 25.4. The number of hydrogen-bond acceptors (Lipinski definition) is 4. The molecule has 0 spiro atoms. The molecule has 0 unspecified atom stereocenters. The van der Waals surface area contributed by atoms with Gasteiger partial charge in [0.1, 0.15) is 0 Å². The van der Waals surface area contributed by atoms with Crippen LogP contribution in [0, 0.1) is 6.92 Å². The van der Waals surface area contributed by atoms with Gasteiger partial charge in [0.05, 0.1) is 19.8 Å². The molecule has 0 saturated heterocycles. The van der Waals surface area contributed by atoms with Crippen molar-refractivity contribution in [1.82, 2.24) is 4.90 Å². The maximum absolute atomic E-state index is 12.5. The van der Waals surface area contributed by atoms with E-state index in [0.29, 0.717) is 6.54 Å². The number of amides is 1. The molecule has 0 fully saturated rings. The van der Waals surface area contributed by atoms with Gasteiger partial charge in [-0.05, 0) is 24.6 Å². The van der Waals surface area contributed by atoms with Gasteiger partial charge in [-0.2, -0.15) is 0 Å². The Bertz CT molecular complexity index is 617. The lowest BCUT2D eigenvalue weighted by atomic mass is 10.1. The Hall–Kier alpha value is -2.56. The van der Waals surface area contributed by atoms with Gasteiger partial charge >= 0.3 is 5.97 Å². The van der Waals surface area contributed by atoms with E-state index >= 15 is 0 Å². The zero-order valence-corrected chi connectivity index (χ0v) is 12.7. The Kier molecular flexibility index (Phi) is 5.36. The molecule has 1 heterocycles. The first kappa shape index (κ1) is 15.8. The summed E-state index contributed by atoms with van der Waals surface area (Å²) in [5.41, 5.74) is 2.15. The molecule has 0 bridgehead atoms. The van der Waals surface area contributed by atoms with Crippen molar-refractivity contribution >= 4 is 11.9 Å². The van der Waals surface area contributed by atoms with Crippen molar-refractivity contribution in [3.8, 4) is 0 Å². The van der Waals surface area contributed by atoms with Crippen LogP contribution in [0.5, 0.6) is 0 Å². The fraction of sp³-hybridized carbons (Fsp3) is 0.294. The molecule has 0 aliphatic rings. The summed E-state index contributed by atoms with van der Waals surface area (Å²) >= 11 is 0. The van der Waals surface area contributed by atoms with Crippen LogP contribution in [0.15, 0.2) is 47.1 Å². The first-order chi connectivity index (χ1) is 10.6. The smallest absolute Gasteiger partial charge is 0.307 e. The van der Waals surface area contributed by atoms with Gasteiger partial charge < -0.3 is 14.1 Å². The molecule has 0 aliphatic heterocycles. The normalized spacial score (nSPS) is 10.3. The van der Waals surface area contributed by atoms with Crippen molar-refractivity contribution in [1.29, 1.82) is 0 Å². The first-order valence-electron chi connectivity index (χ1n) is 7.05. The van der Waals surface area contributed by atoms with E-state index in [9.17, 15) is 9.59 Å². The number of carbonyl (C=O) groups is 2. The second kappa shape index (κ2) is 7.45. The third kappa shape index (κ3) is 4.22. The molecule has 5 heteroatoms. The lowest BCUT2D eigenvalue weighted by molar-refractivity contribution is -0.140. The number of rotatable bonds is 6. The number of aryl methyl sites for hydroxylation is 1. The van der Waals surface area contributed by atoms with E-state index in [1.165, 1.54) is 13.4 Å². The van der Waals surface area contributed by atoms with E-state index in [1.54, 1.807) is 17.0 Å². The minimum absolute atomic E-state index is 0.148. The Morgan fingerprint density at radius 2 is 1.91 bits per heavy atom. The van der Waals surface area contributed by atoms with Crippen LogP contribution in [0.1, 0.15) is 28.1 Å². The van der Waals surface area contributed by atoms with Crippen LogP contribution >= 0.6 is 0 Å². The van der Waals surface area contributed by atoms with E-state index < -0.39 is 0 Å². The summed E-state index contributed by atoms with van der Waals surface area (Å²) in [6.45, 7) is 2.70. The van der Waals surface area contributed by atoms with Crippen molar-refractivity contribution in [2.75, 3.05) is 13.7 Å². The van der Waals surface area contributed by atoms with E-state index in [0.717, 1.165) is 11.1 Å². The van der Waals surface area contributed by atoms with Gasteiger partial charge in [0.25, 0.3) is 5.91 Å². The van der Waals surface area contributed by atoms with Gasteiger partial charge in [0, 0.05) is 13.1 Å². The zero-order chi connectivity index (χ0) is 15.9. The maximum atomic E-state index is 12.5. The molecule has 0 N–H and O–H groups in total. The summed E-state index contributed by atoms with van der Waals surface area (Å²) in [6.07, 6.45) is 1.60. The van der Waals surface area contributed by atoms with Crippen LogP contribution in [0.4, 0.5) is 0 Å². The Balaban J connectivity index is 2.11. The highest BCUT2D eigenvalue weighted by Crippen LogP contribution is 2.12. The first-order valence-corrected chi connectivity index (χ1v) is 7.05. The molecule has 2 aromatic rings. The third-order valence-electron chi connectivity index (χ3n) is 3.33. The standard InChI is InChI=1S/C17H19NO4/c1-13-5-7-14(8-6-13)12-18(10-9-16(19)21-2)17(20)15-4-3-11-22-15/h3-8,11H,9-10,12H2,1-2H3. The molecule has 1 amide bonds. The minimum Gasteiger partial charge on any atom is -0.469 e. The van der Waals surface area contributed by atoms with E-state index in [1.807, 2.05) is 31.2 Å². The molecule has 22 heavy (non-hydrogen) atoms. The molecule has 1 aromatic heterocycles. The average Bonchev–Trinajstić information content (AvgIpc) is 3.06. The zero-order valence-electron chi connectivity index (χ0n) is 12.7. The molecule has 2 rings (SSSR count). The van der Waals surface area contributed by atoms with Crippen LogP contribution in [-0.2, 0) is 16.1 Å². The van der Waals surface area contributed by atoms with Crippen LogP contribution < -0.4 is 0 Å². The largest absolute Gasteiger partial charge is 0.469 e. The summed E-state index contributed by atoms with van der Waals surface area (Å²) in [7, 11) is 1.33. The molecular weight excluding hydrogens is 282 g/mol. The Morgan fingerprint density at radius 3 is 2.50 bits per heavy atom. The minimum atomic E-state index is -0.346. The van der Waals surface area contributed by atoms with Gasteiger partial charge in [-0.15, -0.1) is 0 Å². The monoisotopic (exact) mass is 301 g/mol. The predicted molar refractivity (Wildman–Crippen MR) is 81.3 cm³/mol. The van der Waals surface area contributed by atoms with E-state index in [4.69, 9.17) is 4.42 Å². The fourth-order valence-corrected chi connectivity index (χ4v) is 2.05. The van der Waals surface area contributed by atoms with Gasteiger partial charge in [-0.3, -0.25) is 9.59 Å². The second-order valence-electron chi connectivity index (χ2n) is 5.02. The second-order valence-corrected chi connectivity index (χ2v) is 5.02. The van der Waals surface area contributed by atoms with Crippen LogP contribution in [0.25, 0.3) is 0 Å². The molecule has 5 nitrogen and oxygen atoms in total. The summed E-state index contributed by atoms with van der Waals surface area (Å²) < 4.78 is 9.80. The SMILES string of the molecule is COC(=O)CCN(Cc1ccc(C)cc1)C(=O)c1ccco1. The Labute approximate surface area is 129 Å². The van der Waals surface area contributed by atoms with Crippen molar-refractivity contribution in [3.05, 3.63) is 59.5 Å². The van der Waals surface area contributed by atoms with Crippen molar-refractivity contribution in [3.63, 3.8) is 0 Å². The van der Waals surface area contributed by atoms with Crippen LogP contribution in [0.3, 0.4) is 0 Å². The number of esters is 1. The summed E-state index contributed by atoms with van der Waals surface area (Å²) in [5, 5.41) is 0.